The molecule has 96 valence electrons. The SMILES string of the molecule is CCC(C)CSc1cc(C(F)(F)F)cc(N)n1. The molecule has 0 bridgehead atoms. The van der Waals surface area contributed by atoms with Crippen molar-refractivity contribution in [3.05, 3.63) is 17.7 Å². The van der Waals surface area contributed by atoms with Gasteiger partial charge >= 0.3 is 6.18 Å². The zero-order valence-corrected chi connectivity index (χ0v) is 10.5. The molecule has 0 amide bonds. The number of halogens is 3. The number of pyridine rings is 1. The van der Waals surface area contributed by atoms with Gasteiger partial charge in [-0.2, -0.15) is 13.2 Å². The summed E-state index contributed by atoms with van der Waals surface area (Å²) in [6, 6.07) is 1.90. The van der Waals surface area contributed by atoms with Gasteiger partial charge in [0.05, 0.1) is 10.6 Å². The Labute approximate surface area is 103 Å². The summed E-state index contributed by atoms with van der Waals surface area (Å²) in [5.41, 5.74) is 4.63. The molecule has 6 heteroatoms. The van der Waals surface area contributed by atoms with E-state index in [2.05, 4.69) is 4.98 Å². The maximum atomic E-state index is 12.5. The van der Waals surface area contributed by atoms with E-state index in [0.29, 0.717) is 10.9 Å². The van der Waals surface area contributed by atoms with Crippen molar-refractivity contribution >= 4 is 17.6 Å². The second-order valence-corrected chi connectivity index (χ2v) is 4.98. The average molecular weight is 264 g/mol. The lowest BCUT2D eigenvalue weighted by Crippen LogP contribution is -2.07. The maximum Gasteiger partial charge on any atom is 0.416 e. The van der Waals surface area contributed by atoms with Crippen LogP contribution in [0.4, 0.5) is 19.0 Å². The van der Waals surface area contributed by atoms with Crippen molar-refractivity contribution in [2.24, 2.45) is 5.92 Å². The summed E-state index contributed by atoms with van der Waals surface area (Å²) < 4.78 is 37.6. The average Bonchev–Trinajstić information content (AvgIpc) is 2.24. The second kappa shape index (κ2) is 5.62. The van der Waals surface area contributed by atoms with Crippen LogP contribution in [-0.4, -0.2) is 10.7 Å². The third-order valence-electron chi connectivity index (χ3n) is 2.36. The van der Waals surface area contributed by atoms with Gasteiger partial charge < -0.3 is 5.73 Å². The number of nitrogens with two attached hydrogens (primary N) is 1. The third kappa shape index (κ3) is 4.46. The van der Waals surface area contributed by atoms with Gasteiger partial charge in [-0.15, -0.1) is 11.8 Å². The predicted octanol–water partition coefficient (Wildman–Crippen LogP) is 3.82. The monoisotopic (exact) mass is 264 g/mol. The number of hydrogen-bond donors (Lipinski definition) is 1. The molecule has 0 radical (unpaired) electrons. The fourth-order valence-electron chi connectivity index (χ4n) is 1.11. The molecule has 1 heterocycles. The summed E-state index contributed by atoms with van der Waals surface area (Å²) in [6.45, 7) is 4.09. The topological polar surface area (TPSA) is 38.9 Å². The zero-order valence-electron chi connectivity index (χ0n) is 9.71. The minimum Gasteiger partial charge on any atom is -0.384 e. The maximum absolute atomic E-state index is 12.5. The lowest BCUT2D eigenvalue weighted by molar-refractivity contribution is -0.137. The van der Waals surface area contributed by atoms with Crippen molar-refractivity contribution in [1.29, 1.82) is 0 Å². The van der Waals surface area contributed by atoms with Gasteiger partial charge in [0.25, 0.3) is 0 Å². The van der Waals surface area contributed by atoms with Gasteiger partial charge in [0.2, 0.25) is 0 Å². The molecule has 1 unspecified atom stereocenters. The van der Waals surface area contributed by atoms with Crippen LogP contribution in [0.3, 0.4) is 0 Å². The number of nitrogen functional groups attached to an aromatic ring is 1. The summed E-state index contributed by atoms with van der Waals surface area (Å²) in [4.78, 5) is 3.89. The first-order valence-electron chi connectivity index (χ1n) is 5.30. The first-order valence-corrected chi connectivity index (χ1v) is 6.29. The van der Waals surface area contributed by atoms with E-state index in [-0.39, 0.29) is 5.82 Å². The number of alkyl halides is 3. The van der Waals surface area contributed by atoms with Crippen LogP contribution in [0.5, 0.6) is 0 Å². The Balaban J connectivity index is 2.83. The Morgan fingerprint density at radius 1 is 1.41 bits per heavy atom. The number of thioether (sulfide) groups is 1. The van der Waals surface area contributed by atoms with Crippen LogP contribution in [0.2, 0.25) is 0 Å². The van der Waals surface area contributed by atoms with Crippen molar-refractivity contribution < 1.29 is 13.2 Å². The van der Waals surface area contributed by atoms with E-state index in [1.54, 1.807) is 0 Å². The largest absolute Gasteiger partial charge is 0.416 e. The minimum atomic E-state index is -4.37. The Bertz CT molecular complexity index is 379. The highest BCUT2D eigenvalue weighted by atomic mass is 32.2. The second-order valence-electron chi connectivity index (χ2n) is 3.94. The molecule has 1 rings (SSSR count). The summed E-state index contributed by atoms with van der Waals surface area (Å²) in [5, 5.41) is 0.331. The molecule has 0 aliphatic heterocycles. The van der Waals surface area contributed by atoms with Crippen LogP contribution in [0.1, 0.15) is 25.8 Å². The van der Waals surface area contributed by atoms with E-state index in [4.69, 9.17) is 5.73 Å². The number of aromatic nitrogens is 1. The molecule has 0 saturated heterocycles. The molecule has 0 aliphatic carbocycles. The normalized spacial score (nSPS) is 13.7. The Kier molecular flexibility index (Phi) is 4.68. The summed E-state index contributed by atoms with van der Waals surface area (Å²) in [5.74, 6) is 1.09. The van der Waals surface area contributed by atoms with Crippen molar-refractivity contribution in [3.8, 4) is 0 Å². The standard InChI is InChI=1S/C11H15F3N2S/c1-3-7(2)6-17-10-5-8(11(12,13)14)4-9(15)16-10/h4-5,7H,3,6H2,1-2H3,(H2,15,16). The Morgan fingerprint density at radius 2 is 2.06 bits per heavy atom. The van der Waals surface area contributed by atoms with Crippen LogP contribution in [0.25, 0.3) is 0 Å². The molecule has 0 saturated carbocycles. The molecule has 0 aromatic carbocycles. The highest BCUT2D eigenvalue weighted by molar-refractivity contribution is 7.99. The van der Waals surface area contributed by atoms with Crippen molar-refractivity contribution in [2.75, 3.05) is 11.5 Å². The van der Waals surface area contributed by atoms with Crippen molar-refractivity contribution in [3.63, 3.8) is 0 Å². The molecule has 2 N–H and O–H groups in total. The van der Waals surface area contributed by atoms with Crippen LogP contribution >= 0.6 is 11.8 Å². The van der Waals surface area contributed by atoms with Gasteiger partial charge in [0, 0.05) is 5.75 Å². The lowest BCUT2D eigenvalue weighted by Gasteiger charge is -2.11. The van der Waals surface area contributed by atoms with E-state index in [0.717, 1.165) is 24.3 Å². The minimum absolute atomic E-state index is 0.0912. The van der Waals surface area contributed by atoms with E-state index in [9.17, 15) is 13.2 Å². The summed E-state index contributed by atoms with van der Waals surface area (Å²) >= 11 is 1.31. The zero-order chi connectivity index (χ0) is 13.1. The molecule has 1 aromatic rings. The number of anilines is 1. The van der Waals surface area contributed by atoms with Gasteiger partial charge in [0.15, 0.2) is 0 Å². The summed E-state index contributed by atoms with van der Waals surface area (Å²) in [7, 11) is 0. The van der Waals surface area contributed by atoms with Crippen LogP contribution in [0, 0.1) is 5.92 Å². The first-order chi connectivity index (χ1) is 7.82. The quantitative estimate of drug-likeness (QED) is 0.840. The number of nitrogens with zero attached hydrogens (tertiary/aromatic N) is 1. The molecule has 17 heavy (non-hydrogen) atoms. The van der Waals surface area contributed by atoms with E-state index < -0.39 is 11.7 Å². The number of hydrogen-bond acceptors (Lipinski definition) is 3. The fraction of sp³-hybridized carbons (Fsp3) is 0.545. The highest BCUT2D eigenvalue weighted by Gasteiger charge is 2.31. The van der Waals surface area contributed by atoms with E-state index in [1.165, 1.54) is 11.8 Å². The smallest absolute Gasteiger partial charge is 0.384 e. The predicted molar refractivity (Wildman–Crippen MR) is 63.8 cm³/mol. The van der Waals surface area contributed by atoms with Gasteiger partial charge in [-0.3, -0.25) is 0 Å². The first kappa shape index (κ1) is 14.2. The highest BCUT2D eigenvalue weighted by Crippen LogP contribution is 2.32. The third-order valence-corrected chi connectivity index (χ3v) is 3.60. The molecule has 2 nitrogen and oxygen atoms in total. The van der Waals surface area contributed by atoms with E-state index >= 15 is 0 Å². The van der Waals surface area contributed by atoms with Gasteiger partial charge in [-0.05, 0) is 18.1 Å². The number of rotatable bonds is 4. The molecule has 0 spiro atoms. The van der Waals surface area contributed by atoms with Crippen molar-refractivity contribution in [2.45, 2.75) is 31.5 Å². The molecule has 1 atom stereocenters. The van der Waals surface area contributed by atoms with Crippen LogP contribution in [-0.2, 0) is 6.18 Å². The van der Waals surface area contributed by atoms with Gasteiger partial charge in [-0.1, -0.05) is 20.3 Å². The van der Waals surface area contributed by atoms with Gasteiger partial charge in [0.1, 0.15) is 5.82 Å². The fourth-order valence-corrected chi connectivity index (χ4v) is 2.18. The van der Waals surface area contributed by atoms with E-state index in [1.807, 2.05) is 13.8 Å². The lowest BCUT2D eigenvalue weighted by atomic mass is 10.2. The molecule has 0 aliphatic rings. The van der Waals surface area contributed by atoms with Gasteiger partial charge in [-0.25, -0.2) is 4.98 Å². The molecule has 0 fully saturated rings. The molecular weight excluding hydrogens is 249 g/mol. The summed E-state index contributed by atoms with van der Waals surface area (Å²) in [6.07, 6.45) is -3.38. The van der Waals surface area contributed by atoms with Crippen molar-refractivity contribution in [1.82, 2.24) is 4.98 Å². The molecule has 1 aromatic heterocycles. The van der Waals surface area contributed by atoms with Crippen LogP contribution in [0.15, 0.2) is 17.2 Å². The Morgan fingerprint density at radius 3 is 2.59 bits per heavy atom. The molecular formula is C11H15F3N2S. The Hall–Kier alpha value is -0.910. The van der Waals surface area contributed by atoms with Crippen LogP contribution < -0.4 is 5.73 Å².